The number of nitrogens with one attached hydrogen (secondary N) is 2. The van der Waals surface area contributed by atoms with E-state index < -0.39 is 0 Å². The van der Waals surface area contributed by atoms with Crippen LogP contribution in [0, 0.1) is 0 Å². The molecule has 138 valence electrons. The van der Waals surface area contributed by atoms with Crippen molar-refractivity contribution in [2.75, 3.05) is 36.8 Å². The average Bonchev–Trinajstić information content (AvgIpc) is 3.30. The second kappa shape index (κ2) is 8.79. The summed E-state index contributed by atoms with van der Waals surface area (Å²) in [6, 6.07) is 4.26. The van der Waals surface area contributed by atoms with E-state index >= 15 is 0 Å². The lowest BCUT2D eigenvalue weighted by atomic mass is 10.1. The highest BCUT2D eigenvalue weighted by atomic mass is 32.2. The lowest BCUT2D eigenvalue weighted by Crippen LogP contribution is -2.43. The van der Waals surface area contributed by atoms with Crippen LogP contribution < -0.4 is 15.5 Å². The van der Waals surface area contributed by atoms with E-state index in [2.05, 4.69) is 58.3 Å². The molecule has 1 atom stereocenters. The van der Waals surface area contributed by atoms with Gasteiger partial charge in [0.25, 0.3) is 0 Å². The minimum absolute atomic E-state index is 0.343. The van der Waals surface area contributed by atoms with E-state index in [0.717, 1.165) is 38.0 Å². The number of rotatable bonds is 6. The van der Waals surface area contributed by atoms with Crippen molar-refractivity contribution < 1.29 is 0 Å². The third-order valence-electron chi connectivity index (χ3n) is 4.93. The fraction of sp³-hybridized carbons (Fsp3) is 0.684. The number of anilines is 1. The van der Waals surface area contributed by atoms with Gasteiger partial charge in [-0.3, -0.25) is 0 Å². The van der Waals surface area contributed by atoms with Gasteiger partial charge in [0.2, 0.25) is 0 Å². The molecule has 0 aromatic carbocycles. The number of hydrogen-bond donors (Lipinski definition) is 2. The van der Waals surface area contributed by atoms with Crippen LogP contribution in [0.2, 0.25) is 0 Å². The van der Waals surface area contributed by atoms with Gasteiger partial charge >= 0.3 is 0 Å². The largest absolute Gasteiger partial charge is 0.357 e. The van der Waals surface area contributed by atoms with Gasteiger partial charge in [-0.2, -0.15) is 11.8 Å². The molecule has 3 rings (SSSR count). The van der Waals surface area contributed by atoms with Crippen molar-refractivity contribution in [3.63, 3.8) is 0 Å². The molecule has 0 bridgehead atoms. The first-order valence-electron chi connectivity index (χ1n) is 9.54. The highest BCUT2D eigenvalue weighted by molar-refractivity contribution is 8.00. The standard InChI is InChI=1S/C19H31N5S/c1-3-20-18(23-15-19(2)8-6-12-25-19)22-14-16-7-9-21-17(13-16)24-10-4-5-11-24/h7,9,13H,3-6,8,10-12,14-15H2,1-2H3,(H2,20,22,23). The van der Waals surface area contributed by atoms with Gasteiger partial charge in [-0.25, -0.2) is 9.98 Å². The molecule has 6 heteroatoms. The van der Waals surface area contributed by atoms with Gasteiger partial charge in [0.15, 0.2) is 5.96 Å². The van der Waals surface area contributed by atoms with E-state index in [0.29, 0.717) is 11.3 Å². The molecule has 0 aliphatic carbocycles. The van der Waals surface area contributed by atoms with Gasteiger partial charge in [0.1, 0.15) is 5.82 Å². The van der Waals surface area contributed by atoms with Crippen molar-refractivity contribution in [2.45, 2.75) is 50.8 Å². The van der Waals surface area contributed by atoms with Crippen molar-refractivity contribution in [3.8, 4) is 0 Å². The van der Waals surface area contributed by atoms with Gasteiger partial charge in [-0.05, 0) is 63.0 Å². The summed E-state index contributed by atoms with van der Waals surface area (Å²) >= 11 is 2.08. The quantitative estimate of drug-likeness (QED) is 0.602. The molecule has 0 spiro atoms. The Kier molecular flexibility index (Phi) is 6.45. The molecule has 25 heavy (non-hydrogen) atoms. The second-order valence-corrected chi connectivity index (χ2v) is 8.85. The molecule has 2 saturated heterocycles. The molecular weight excluding hydrogens is 330 g/mol. The Hall–Kier alpha value is -1.43. The summed E-state index contributed by atoms with van der Waals surface area (Å²) in [6.45, 7) is 9.25. The number of aliphatic imine (C=N–C) groups is 1. The van der Waals surface area contributed by atoms with Crippen molar-refractivity contribution in [1.82, 2.24) is 15.6 Å². The topological polar surface area (TPSA) is 52.6 Å². The number of nitrogens with zero attached hydrogens (tertiary/aromatic N) is 3. The maximum atomic E-state index is 4.78. The Balaban J connectivity index is 1.59. The molecule has 1 aromatic rings. The van der Waals surface area contributed by atoms with Crippen molar-refractivity contribution in [3.05, 3.63) is 23.9 Å². The lowest BCUT2D eigenvalue weighted by molar-refractivity contribution is 0.584. The smallest absolute Gasteiger partial charge is 0.191 e. The Bertz CT molecular complexity index is 577. The van der Waals surface area contributed by atoms with Crippen molar-refractivity contribution in [2.24, 2.45) is 4.99 Å². The molecule has 3 heterocycles. The van der Waals surface area contributed by atoms with Crippen LogP contribution >= 0.6 is 11.8 Å². The molecule has 2 aliphatic rings. The van der Waals surface area contributed by atoms with Gasteiger partial charge in [0, 0.05) is 37.1 Å². The first-order chi connectivity index (χ1) is 12.2. The summed E-state index contributed by atoms with van der Waals surface area (Å²) < 4.78 is 0.343. The molecule has 0 saturated carbocycles. The number of thioether (sulfide) groups is 1. The van der Waals surface area contributed by atoms with Crippen LogP contribution in [-0.4, -0.2) is 47.6 Å². The minimum atomic E-state index is 0.343. The fourth-order valence-corrected chi connectivity index (χ4v) is 4.68. The molecule has 1 aromatic heterocycles. The molecule has 5 nitrogen and oxygen atoms in total. The lowest BCUT2D eigenvalue weighted by Gasteiger charge is -2.24. The first kappa shape index (κ1) is 18.4. The van der Waals surface area contributed by atoms with Crippen LogP contribution in [0.15, 0.2) is 23.3 Å². The van der Waals surface area contributed by atoms with Crippen LogP contribution in [0.5, 0.6) is 0 Å². The second-order valence-electron chi connectivity index (χ2n) is 7.17. The van der Waals surface area contributed by atoms with E-state index in [9.17, 15) is 0 Å². The molecule has 2 fully saturated rings. The first-order valence-corrected chi connectivity index (χ1v) is 10.5. The van der Waals surface area contributed by atoms with E-state index in [-0.39, 0.29) is 0 Å². The SMILES string of the molecule is CCNC(=NCc1ccnc(N2CCCC2)c1)NCC1(C)CCCS1. The maximum absolute atomic E-state index is 4.78. The Labute approximate surface area is 156 Å². The van der Waals surface area contributed by atoms with Crippen molar-refractivity contribution >= 4 is 23.5 Å². The van der Waals surface area contributed by atoms with E-state index in [1.54, 1.807) is 0 Å². The van der Waals surface area contributed by atoms with Gasteiger partial charge in [-0.1, -0.05) is 0 Å². The van der Waals surface area contributed by atoms with Crippen LogP contribution in [-0.2, 0) is 6.54 Å². The zero-order chi connectivity index (χ0) is 17.5. The predicted octanol–water partition coefficient (Wildman–Crippen LogP) is 3.02. The zero-order valence-corrected chi connectivity index (χ0v) is 16.4. The van der Waals surface area contributed by atoms with Crippen LogP contribution in [0.25, 0.3) is 0 Å². The number of pyridine rings is 1. The molecule has 2 N–H and O–H groups in total. The van der Waals surface area contributed by atoms with E-state index in [1.165, 1.54) is 37.0 Å². The highest BCUT2D eigenvalue weighted by Gasteiger charge is 2.29. The van der Waals surface area contributed by atoms with Crippen LogP contribution in [0.1, 0.15) is 45.1 Å². The minimum Gasteiger partial charge on any atom is -0.357 e. The zero-order valence-electron chi connectivity index (χ0n) is 15.6. The normalized spacial score (nSPS) is 23.9. The van der Waals surface area contributed by atoms with Gasteiger partial charge < -0.3 is 15.5 Å². The molecule has 1 unspecified atom stereocenters. The van der Waals surface area contributed by atoms with Crippen LogP contribution in [0.4, 0.5) is 5.82 Å². The van der Waals surface area contributed by atoms with E-state index in [1.807, 2.05) is 6.20 Å². The summed E-state index contributed by atoms with van der Waals surface area (Å²) in [5, 5.41) is 6.90. The molecule has 0 radical (unpaired) electrons. The Morgan fingerprint density at radius 3 is 2.88 bits per heavy atom. The molecule has 0 amide bonds. The molecule has 2 aliphatic heterocycles. The number of aromatic nitrogens is 1. The Morgan fingerprint density at radius 2 is 2.16 bits per heavy atom. The maximum Gasteiger partial charge on any atom is 0.191 e. The Morgan fingerprint density at radius 1 is 1.32 bits per heavy atom. The fourth-order valence-electron chi connectivity index (χ4n) is 3.44. The number of hydrogen-bond acceptors (Lipinski definition) is 4. The third-order valence-corrected chi connectivity index (χ3v) is 6.47. The van der Waals surface area contributed by atoms with Gasteiger partial charge in [0.05, 0.1) is 6.54 Å². The van der Waals surface area contributed by atoms with Gasteiger partial charge in [-0.15, -0.1) is 0 Å². The summed E-state index contributed by atoms with van der Waals surface area (Å²) in [7, 11) is 0. The summed E-state index contributed by atoms with van der Waals surface area (Å²) in [5.74, 6) is 3.29. The summed E-state index contributed by atoms with van der Waals surface area (Å²) in [6.07, 6.45) is 7.07. The number of guanidine groups is 1. The van der Waals surface area contributed by atoms with E-state index in [4.69, 9.17) is 4.99 Å². The van der Waals surface area contributed by atoms with Crippen LogP contribution in [0.3, 0.4) is 0 Å². The van der Waals surface area contributed by atoms with Crippen molar-refractivity contribution in [1.29, 1.82) is 0 Å². The monoisotopic (exact) mass is 361 g/mol. The average molecular weight is 362 g/mol. The summed E-state index contributed by atoms with van der Waals surface area (Å²) in [5.41, 5.74) is 1.22. The summed E-state index contributed by atoms with van der Waals surface area (Å²) in [4.78, 5) is 11.7. The highest BCUT2D eigenvalue weighted by Crippen LogP contribution is 2.36. The predicted molar refractivity (Wildman–Crippen MR) is 109 cm³/mol. The third kappa shape index (κ3) is 5.27. The molecular formula is C19H31N5S.